The third-order valence-corrected chi connectivity index (χ3v) is 9.35. The molecule has 0 aliphatic carbocycles. The molecule has 0 radical (unpaired) electrons. The predicted molar refractivity (Wildman–Crippen MR) is 156 cm³/mol. The average molecular weight is 563 g/mol. The number of amides is 2. The summed E-state index contributed by atoms with van der Waals surface area (Å²) in [5.74, 6) is 0.841. The largest absolute Gasteiger partial charge is 0.487 e. The fraction of sp³-hybridized carbons (Fsp3) is 0.531. The number of para-hydroxylation sites is 1. The minimum absolute atomic E-state index is 0.0836. The number of hydrogen-bond donors (Lipinski definition) is 4. The Kier molecular flexibility index (Phi) is 7.30. The summed E-state index contributed by atoms with van der Waals surface area (Å²) >= 11 is 0. The van der Waals surface area contributed by atoms with E-state index in [1.807, 2.05) is 52.0 Å². The molecular formula is C32H42N4O5. The number of aliphatic hydroxyl groups is 1. The van der Waals surface area contributed by atoms with Crippen LogP contribution in [-0.4, -0.2) is 50.6 Å². The Bertz CT molecular complexity index is 1350. The fourth-order valence-corrected chi connectivity index (χ4v) is 6.30. The molecule has 220 valence electrons. The van der Waals surface area contributed by atoms with Crippen molar-refractivity contribution in [1.29, 1.82) is 5.41 Å². The van der Waals surface area contributed by atoms with Gasteiger partial charge in [0.2, 0.25) is 5.91 Å². The Balaban J connectivity index is 1.49. The molecule has 2 aromatic carbocycles. The highest BCUT2D eigenvalue weighted by molar-refractivity contribution is 6.00. The predicted octanol–water partition coefficient (Wildman–Crippen LogP) is 5.00. The molecule has 5 rings (SSSR count). The topological polar surface area (TPSA) is 124 Å². The Morgan fingerprint density at radius 1 is 1.05 bits per heavy atom. The van der Waals surface area contributed by atoms with Crippen molar-refractivity contribution in [3.05, 3.63) is 59.2 Å². The zero-order chi connectivity index (χ0) is 29.7. The smallest absolute Gasteiger partial charge is 0.251 e. The molecule has 1 fully saturated rings. The van der Waals surface area contributed by atoms with E-state index in [0.717, 1.165) is 19.3 Å². The van der Waals surface area contributed by atoms with Gasteiger partial charge in [-0.2, -0.15) is 0 Å². The van der Waals surface area contributed by atoms with E-state index in [4.69, 9.17) is 14.9 Å². The summed E-state index contributed by atoms with van der Waals surface area (Å²) in [4.78, 5) is 28.9. The number of aliphatic hydroxyl groups excluding tert-OH is 1. The van der Waals surface area contributed by atoms with Crippen molar-refractivity contribution in [2.75, 3.05) is 0 Å². The average Bonchev–Trinajstić information content (AvgIpc) is 2.94. The van der Waals surface area contributed by atoms with Crippen LogP contribution < -0.4 is 20.1 Å². The van der Waals surface area contributed by atoms with E-state index in [-0.39, 0.29) is 17.8 Å². The van der Waals surface area contributed by atoms with E-state index in [9.17, 15) is 14.7 Å². The lowest BCUT2D eigenvalue weighted by Gasteiger charge is -2.48. The highest BCUT2D eigenvalue weighted by Gasteiger charge is 2.47. The molecule has 4 atom stereocenters. The molecule has 9 heteroatoms. The number of carbonyl (C=O) groups excluding carboxylic acids is 2. The molecule has 9 nitrogen and oxygen atoms in total. The molecule has 3 aliphatic rings. The Labute approximate surface area is 242 Å². The lowest BCUT2D eigenvalue weighted by atomic mass is 9.82. The van der Waals surface area contributed by atoms with Crippen LogP contribution in [0.1, 0.15) is 107 Å². The van der Waals surface area contributed by atoms with Gasteiger partial charge in [0.15, 0.2) is 5.96 Å². The van der Waals surface area contributed by atoms with Gasteiger partial charge in [0, 0.05) is 28.7 Å². The summed E-state index contributed by atoms with van der Waals surface area (Å²) in [7, 11) is 0. The van der Waals surface area contributed by atoms with Crippen molar-refractivity contribution in [2.24, 2.45) is 0 Å². The molecule has 0 bridgehead atoms. The molecule has 0 spiro atoms. The number of nitrogens with one attached hydrogen (secondary N) is 3. The van der Waals surface area contributed by atoms with Crippen LogP contribution >= 0.6 is 0 Å². The monoisotopic (exact) mass is 562 g/mol. The van der Waals surface area contributed by atoms with E-state index >= 15 is 0 Å². The first kappa shape index (κ1) is 28.9. The summed E-state index contributed by atoms with van der Waals surface area (Å²) in [5.41, 5.74) is -0.0837. The van der Waals surface area contributed by atoms with Crippen LogP contribution in [-0.2, 0) is 4.79 Å². The maximum Gasteiger partial charge on any atom is 0.251 e. The Hall–Kier alpha value is -3.59. The normalized spacial score (nSPS) is 28.0. The van der Waals surface area contributed by atoms with Crippen molar-refractivity contribution in [2.45, 2.75) is 109 Å². The van der Waals surface area contributed by atoms with E-state index in [2.05, 4.69) is 10.6 Å². The van der Waals surface area contributed by atoms with Crippen molar-refractivity contribution in [3.63, 3.8) is 0 Å². The molecule has 0 saturated carbocycles. The lowest BCUT2D eigenvalue weighted by molar-refractivity contribution is -0.134. The number of ether oxygens (including phenoxy) is 2. The molecule has 41 heavy (non-hydrogen) atoms. The second-order valence-corrected chi connectivity index (χ2v) is 12.4. The van der Waals surface area contributed by atoms with Crippen LogP contribution in [0.3, 0.4) is 0 Å². The number of hydrogen-bond acceptors (Lipinski definition) is 6. The zero-order valence-corrected chi connectivity index (χ0v) is 24.8. The van der Waals surface area contributed by atoms with Gasteiger partial charge in [-0.3, -0.25) is 19.9 Å². The van der Waals surface area contributed by atoms with Gasteiger partial charge in [-0.05, 0) is 64.3 Å². The van der Waals surface area contributed by atoms with Gasteiger partial charge in [0.05, 0.1) is 18.5 Å². The number of rotatable bonds is 6. The van der Waals surface area contributed by atoms with Crippen molar-refractivity contribution in [3.8, 4) is 11.5 Å². The molecule has 3 aliphatic heterocycles. The molecule has 3 heterocycles. The van der Waals surface area contributed by atoms with Gasteiger partial charge < -0.3 is 25.2 Å². The van der Waals surface area contributed by atoms with E-state index < -0.39 is 34.9 Å². The minimum Gasteiger partial charge on any atom is -0.487 e. The molecular weight excluding hydrogens is 520 g/mol. The summed E-state index contributed by atoms with van der Waals surface area (Å²) in [6, 6.07) is 11.5. The minimum atomic E-state index is -0.977. The molecule has 2 aromatic rings. The van der Waals surface area contributed by atoms with Gasteiger partial charge in [-0.1, -0.05) is 39.0 Å². The highest BCUT2D eigenvalue weighted by atomic mass is 16.5. The third-order valence-electron chi connectivity index (χ3n) is 9.35. The standard InChI is InChI=1S/C32H42N4O5/c1-7-31(6)17-22(36-25(37)18-32(8-2,9-3)35-29(36)33)21-16-19(14-15-24(21)41-31)28(39)34-26-20-12-10-11-13-23(20)40-30(4,5)27(26)38/h10-16,22,26-27,38H,7-9,17-18H2,1-6H3,(H2,33,35)(H,34,39)/t22-,26-,27?,31?/m1/s1. The van der Waals surface area contributed by atoms with Crippen LogP contribution in [0.5, 0.6) is 11.5 Å². The van der Waals surface area contributed by atoms with Crippen molar-refractivity contribution < 1.29 is 24.2 Å². The molecule has 4 N–H and O–H groups in total. The Morgan fingerprint density at radius 3 is 2.39 bits per heavy atom. The molecule has 2 unspecified atom stereocenters. The van der Waals surface area contributed by atoms with Crippen LogP contribution in [0.15, 0.2) is 42.5 Å². The first-order valence-corrected chi connectivity index (χ1v) is 14.6. The first-order valence-electron chi connectivity index (χ1n) is 14.6. The maximum absolute atomic E-state index is 13.7. The van der Waals surface area contributed by atoms with E-state index in [1.165, 1.54) is 0 Å². The van der Waals surface area contributed by atoms with Crippen LogP contribution in [0.25, 0.3) is 0 Å². The number of carbonyl (C=O) groups is 2. The second kappa shape index (κ2) is 10.4. The SMILES string of the molecule is CCC1(CC)CC(=O)N([C@@H]2CC(C)(CC)Oc3ccc(C(=O)N[C@@H]4c5ccccc5OC(C)(C)C4O)cc32)C(=N)N1. The summed E-state index contributed by atoms with van der Waals surface area (Å²) in [5, 5.41) is 26.4. The van der Waals surface area contributed by atoms with Gasteiger partial charge in [0.25, 0.3) is 5.91 Å². The zero-order valence-electron chi connectivity index (χ0n) is 24.8. The number of fused-ring (bicyclic) bond motifs is 2. The second-order valence-electron chi connectivity index (χ2n) is 12.4. The van der Waals surface area contributed by atoms with Crippen LogP contribution in [0.2, 0.25) is 0 Å². The van der Waals surface area contributed by atoms with Gasteiger partial charge in [-0.25, -0.2) is 0 Å². The number of nitrogens with zero attached hydrogens (tertiary/aromatic N) is 1. The number of guanidine groups is 1. The first-order chi connectivity index (χ1) is 19.4. The number of benzene rings is 2. The van der Waals surface area contributed by atoms with Crippen LogP contribution in [0, 0.1) is 5.41 Å². The fourth-order valence-electron chi connectivity index (χ4n) is 6.30. The molecule has 1 saturated heterocycles. The van der Waals surface area contributed by atoms with E-state index in [0.29, 0.717) is 41.0 Å². The Morgan fingerprint density at radius 2 is 1.73 bits per heavy atom. The highest BCUT2D eigenvalue weighted by Crippen LogP contribution is 2.46. The third kappa shape index (κ3) is 5.05. The van der Waals surface area contributed by atoms with Gasteiger partial charge >= 0.3 is 0 Å². The quantitative estimate of drug-likeness (QED) is 0.393. The molecule has 2 amide bonds. The summed E-state index contributed by atoms with van der Waals surface area (Å²) in [6.07, 6.45) is 2.02. The van der Waals surface area contributed by atoms with Gasteiger partial charge in [0.1, 0.15) is 28.8 Å². The van der Waals surface area contributed by atoms with Gasteiger partial charge in [-0.15, -0.1) is 0 Å². The van der Waals surface area contributed by atoms with Crippen molar-refractivity contribution in [1.82, 2.24) is 15.5 Å². The summed E-state index contributed by atoms with van der Waals surface area (Å²) < 4.78 is 12.4. The summed E-state index contributed by atoms with van der Waals surface area (Å²) in [6.45, 7) is 11.7. The van der Waals surface area contributed by atoms with Crippen molar-refractivity contribution >= 4 is 17.8 Å². The lowest BCUT2D eigenvalue weighted by Crippen LogP contribution is -2.63. The molecule has 0 aromatic heterocycles. The van der Waals surface area contributed by atoms with Crippen LogP contribution in [0.4, 0.5) is 0 Å². The van der Waals surface area contributed by atoms with E-state index in [1.54, 1.807) is 36.9 Å². The maximum atomic E-state index is 13.7.